The zero-order valence-corrected chi connectivity index (χ0v) is 27.3. The summed E-state index contributed by atoms with van der Waals surface area (Å²) in [5.74, 6) is -2.77. The van der Waals surface area contributed by atoms with Crippen molar-refractivity contribution in [2.24, 2.45) is 5.92 Å². The lowest BCUT2D eigenvalue weighted by atomic mass is 9.95. The van der Waals surface area contributed by atoms with Crippen molar-refractivity contribution >= 4 is 35.0 Å². The molecule has 0 fully saturated rings. The van der Waals surface area contributed by atoms with Gasteiger partial charge in [0.25, 0.3) is 17.7 Å². The highest BCUT2D eigenvalue weighted by Crippen LogP contribution is 2.34. The average molecular weight is 617 g/mol. The van der Waals surface area contributed by atoms with E-state index >= 15 is 0 Å². The van der Waals surface area contributed by atoms with Crippen molar-refractivity contribution in [3.05, 3.63) is 82.9 Å². The second kappa shape index (κ2) is 15.5. The van der Waals surface area contributed by atoms with Gasteiger partial charge in [-0.1, -0.05) is 61.9 Å². The Bertz CT molecular complexity index is 1460. The van der Waals surface area contributed by atoms with Gasteiger partial charge in [-0.05, 0) is 76.3 Å². The normalized spacial score (nSPS) is 14.0. The molecule has 0 saturated heterocycles. The molecular weight excluding hydrogens is 572 g/mol. The number of Topliss-reactive ketones (excluding diaryl/α,β-unsaturated/α-hetero) is 1. The molecule has 2 aromatic carbocycles. The highest BCUT2D eigenvalue weighted by molar-refractivity contribution is 6.38. The third-order valence-electron chi connectivity index (χ3n) is 6.86. The third-order valence-corrected chi connectivity index (χ3v) is 6.86. The molecular formula is C36H44N2O7. The zero-order valence-electron chi connectivity index (χ0n) is 27.3. The summed E-state index contributed by atoms with van der Waals surface area (Å²) in [6.07, 6.45) is 2.06. The maximum Gasteiger partial charge on any atom is 0.329 e. The molecule has 9 nitrogen and oxygen atoms in total. The first kappa shape index (κ1) is 35.0. The summed E-state index contributed by atoms with van der Waals surface area (Å²) in [6.45, 7) is 13.2. The van der Waals surface area contributed by atoms with E-state index in [1.54, 1.807) is 57.2 Å². The van der Waals surface area contributed by atoms with Gasteiger partial charge in [0.1, 0.15) is 24.0 Å². The number of hydrogen-bond donors (Lipinski definition) is 1. The predicted molar refractivity (Wildman–Crippen MR) is 172 cm³/mol. The summed E-state index contributed by atoms with van der Waals surface area (Å²) in [5, 5.41) is 2.50. The number of benzene rings is 2. The van der Waals surface area contributed by atoms with Crippen LogP contribution >= 0.6 is 0 Å². The smallest absolute Gasteiger partial charge is 0.329 e. The summed E-state index contributed by atoms with van der Waals surface area (Å²) < 4.78 is 11.2. The molecule has 240 valence electrons. The van der Waals surface area contributed by atoms with E-state index in [-0.39, 0.29) is 24.5 Å². The second-order valence-corrected chi connectivity index (χ2v) is 12.8. The van der Waals surface area contributed by atoms with Crippen molar-refractivity contribution in [2.45, 2.75) is 79.4 Å². The molecule has 45 heavy (non-hydrogen) atoms. The molecule has 3 rings (SSSR count). The first-order chi connectivity index (χ1) is 21.2. The van der Waals surface area contributed by atoms with Crippen molar-refractivity contribution in [1.29, 1.82) is 0 Å². The number of amides is 3. The molecule has 0 bridgehead atoms. The Balaban J connectivity index is 1.71. The summed E-state index contributed by atoms with van der Waals surface area (Å²) in [4.78, 5) is 66.8. The molecule has 1 heterocycles. The molecule has 3 amide bonds. The van der Waals surface area contributed by atoms with E-state index in [0.29, 0.717) is 29.9 Å². The number of nitrogens with zero attached hydrogens (tertiary/aromatic N) is 1. The topological polar surface area (TPSA) is 119 Å². The van der Waals surface area contributed by atoms with Crippen LogP contribution in [0.5, 0.6) is 5.75 Å². The van der Waals surface area contributed by atoms with Gasteiger partial charge >= 0.3 is 5.97 Å². The fraction of sp³-hybridized carbons (Fsp3) is 0.417. The van der Waals surface area contributed by atoms with Crippen molar-refractivity contribution in [3.63, 3.8) is 0 Å². The number of ketones is 1. The Morgan fingerprint density at radius 3 is 2.13 bits per heavy atom. The molecule has 1 aliphatic heterocycles. The standard InChI is InChI=1S/C36H44N2O7/c1-23(2)18-20-44-27-15-13-26(14-16-27)31-28(21-24(3)4)33(41)38(34(31)42)19-17-30(39)32(40)37-29(35(43)45-36(5,6)7)22-25-11-9-8-10-12-25/h8-16,18,24,29H,17,19-22H2,1-7H3,(H,37,40). The number of nitrogens with one attached hydrogen (secondary N) is 1. The maximum atomic E-state index is 13.6. The lowest BCUT2D eigenvalue weighted by molar-refractivity contribution is -0.158. The number of esters is 1. The van der Waals surface area contributed by atoms with E-state index in [1.807, 2.05) is 52.0 Å². The number of ether oxygens (including phenoxy) is 2. The van der Waals surface area contributed by atoms with Crippen LogP contribution in [0, 0.1) is 5.92 Å². The zero-order chi connectivity index (χ0) is 33.3. The minimum atomic E-state index is -1.10. The summed E-state index contributed by atoms with van der Waals surface area (Å²) in [5.41, 5.74) is 2.35. The molecule has 1 aliphatic rings. The van der Waals surface area contributed by atoms with Gasteiger partial charge in [-0.2, -0.15) is 0 Å². The minimum absolute atomic E-state index is 0.0974. The van der Waals surface area contributed by atoms with Crippen molar-refractivity contribution < 1.29 is 33.4 Å². The minimum Gasteiger partial charge on any atom is -0.490 e. The maximum absolute atomic E-state index is 13.6. The molecule has 1 atom stereocenters. The second-order valence-electron chi connectivity index (χ2n) is 12.8. The number of carbonyl (C=O) groups excluding carboxylic acids is 5. The molecule has 2 aromatic rings. The van der Waals surface area contributed by atoms with Gasteiger partial charge in [0, 0.05) is 25.0 Å². The number of imide groups is 1. The molecule has 0 aromatic heterocycles. The Kier molecular flexibility index (Phi) is 12.0. The van der Waals surface area contributed by atoms with E-state index < -0.39 is 47.5 Å². The van der Waals surface area contributed by atoms with Crippen LogP contribution in [0.15, 0.2) is 71.8 Å². The molecule has 0 spiro atoms. The largest absolute Gasteiger partial charge is 0.490 e. The van der Waals surface area contributed by atoms with Crippen LogP contribution in [0.25, 0.3) is 5.57 Å². The molecule has 1 N–H and O–H groups in total. The Morgan fingerprint density at radius 1 is 0.911 bits per heavy atom. The van der Waals surface area contributed by atoms with E-state index in [2.05, 4.69) is 5.32 Å². The lowest BCUT2D eigenvalue weighted by Crippen LogP contribution is -2.48. The number of carbonyl (C=O) groups is 5. The number of hydrogen-bond acceptors (Lipinski definition) is 7. The molecule has 0 saturated carbocycles. The Labute approximate surface area is 265 Å². The van der Waals surface area contributed by atoms with Gasteiger partial charge in [-0.15, -0.1) is 0 Å². The van der Waals surface area contributed by atoms with Crippen LogP contribution in [0.2, 0.25) is 0 Å². The van der Waals surface area contributed by atoms with Crippen LogP contribution < -0.4 is 10.1 Å². The highest BCUT2D eigenvalue weighted by atomic mass is 16.6. The SMILES string of the molecule is CC(C)=CCOc1ccc(C2=C(CC(C)C)C(=O)N(CCC(=O)C(=O)NC(Cc3ccccc3)C(=O)OC(C)(C)C)C2=O)cc1. The van der Waals surface area contributed by atoms with Crippen LogP contribution in [-0.2, 0) is 35.1 Å². The fourth-order valence-corrected chi connectivity index (χ4v) is 4.73. The quantitative estimate of drug-likeness (QED) is 0.134. The summed E-state index contributed by atoms with van der Waals surface area (Å²) in [6, 6.07) is 14.9. The molecule has 1 unspecified atom stereocenters. The van der Waals surface area contributed by atoms with Crippen molar-refractivity contribution in [1.82, 2.24) is 10.2 Å². The fourth-order valence-electron chi connectivity index (χ4n) is 4.73. The van der Waals surface area contributed by atoms with E-state index in [1.165, 1.54) is 0 Å². The van der Waals surface area contributed by atoms with Gasteiger partial charge in [-0.3, -0.25) is 24.1 Å². The summed E-state index contributed by atoms with van der Waals surface area (Å²) in [7, 11) is 0. The van der Waals surface area contributed by atoms with Crippen molar-refractivity contribution in [3.8, 4) is 5.75 Å². The molecule has 0 radical (unpaired) electrons. The monoisotopic (exact) mass is 616 g/mol. The van der Waals surface area contributed by atoms with Gasteiger partial charge in [-0.25, -0.2) is 4.79 Å². The van der Waals surface area contributed by atoms with E-state index in [4.69, 9.17) is 9.47 Å². The lowest BCUT2D eigenvalue weighted by Gasteiger charge is -2.24. The summed E-state index contributed by atoms with van der Waals surface area (Å²) >= 11 is 0. The Hall–Kier alpha value is -4.53. The van der Waals surface area contributed by atoms with Gasteiger partial charge < -0.3 is 14.8 Å². The average Bonchev–Trinajstić information content (AvgIpc) is 3.18. The first-order valence-corrected chi connectivity index (χ1v) is 15.2. The predicted octanol–water partition coefficient (Wildman–Crippen LogP) is 5.23. The number of allylic oxidation sites excluding steroid dienone is 1. The molecule has 0 aliphatic carbocycles. The van der Waals surface area contributed by atoms with E-state index in [0.717, 1.165) is 16.0 Å². The van der Waals surface area contributed by atoms with Crippen LogP contribution in [0.3, 0.4) is 0 Å². The third kappa shape index (κ3) is 10.3. The Morgan fingerprint density at radius 2 is 1.56 bits per heavy atom. The highest BCUT2D eigenvalue weighted by Gasteiger charge is 2.39. The first-order valence-electron chi connectivity index (χ1n) is 15.2. The van der Waals surface area contributed by atoms with E-state index in [9.17, 15) is 24.0 Å². The van der Waals surface area contributed by atoms with Crippen LogP contribution in [-0.4, -0.2) is 59.2 Å². The van der Waals surface area contributed by atoms with Crippen LogP contribution in [0.4, 0.5) is 0 Å². The van der Waals surface area contributed by atoms with Crippen LogP contribution in [0.1, 0.15) is 72.4 Å². The van der Waals surface area contributed by atoms with Gasteiger partial charge in [0.2, 0.25) is 5.78 Å². The molecule has 9 heteroatoms. The van der Waals surface area contributed by atoms with Gasteiger partial charge in [0.05, 0.1) is 5.57 Å². The van der Waals surface area contributed by atoms with Gasteiger partial charge in [0.15, 0.2) is 0 Å². The number of rotatable bonds is 14. The van der Waals surface area contributed by atoms with Crippen molar-refractivity contribution in [2.75, 3.05) is 13.2 Å².